The second-order valence-electron chi connectivity index (χ2n) is 17.7. The summed E-state index contributed by atoms with van der Waals surface area (Å²) in [7, 11) is 0. The van der Waals surface area contributed by atoms with Gasteiger partial charge < -0.3 is 9.32 Å². The zero-order valence-corrected chi connectivity index (χ0v) is 36.4. The van der Waals surface area contributed by atoms with Crippen molar-refractivity contribution >= 4 is 39.0 Å². The number of nitrogens with zero attached hydrogens (tertiary/aromatic N) is 1. The number of para-hydroxylation sites is 2. The number of hydrogen-bond donors (Lipinski definition) is 0. The molecule has 0 fully saturated rings. The molecule has 1 heterocycles. The molecule has 11 aromatic rings. The summed E-state index contributed by atoms with van der Waals surface area (Å²) < 4.78 is 6.52. The van der Waals surface area contributed by atoms with E-state index in [2.05, 4.69) is 243 Å². The molecular formula is C63H45NO. The molecule has 0 bridgehead atoms. The van der Waals surface area contributed by atoms with Gasteiger partial charge in [0.25, 0.3) is 0 Å². The van der Waals surface area contributed by atoms with Gasteiger partial charge >= 0.3 is 0 Å². The van der Waals surface area contributed by atoms with E-state index in [4.69, 9.17) is 4.42 Å². The van der Waals surface area contributed by atoms with Crippen molar-refractivity contribution in [3.05, 3.63) is 248 Å². The van der Waals surface area contributed by atoms with Gasteiger partial charge in [0.1, 0.15) is 11.2 Å². The highest BCUT2D eigenvalue weighted by atomic mass is 16.3. The first kappa shape index (κ1) is 38.5. The average Bonchev–Trinajstić information content (AvgIpc) is 3.86. The molecular weight excluding hydrogens is 787 g/mol. The third-order valence-electron chi connectivity index (χ3n) is 13.4. The number of benzene rings is 10. The third-order valence-corrected chi connectivity index (χ3v) is 13.4. The van der Waals surface area contributed by atoms with Gasteiger partial charge in [-0.1, -0.05) is 190 Å². The van der Waals surface area contributed by atoms with E-state index in [1.807, 2.05) is 12.1 Å². The first-order chi connectivity index (χ1) is 32.0. The maximum absolute atomic E-state index is 6.52. The first-order valence-electron chi connectivity index (χ1n) is 22.5. The SMILES string of the molecule is CC1(C)c2ccc(-c3ccc(N(c4ccc(-c5ccccc5)cc4)c4cccc(-c5cccc6c5oc5ccccc56)c4)cc3)cc2-c2cc(-c3ccccc3)cc(-c3ccccc3)c21. The summed E-state index contributed by atoms with van der Waals surface area (Å²) in [5, 5.41) is 2.25. The summed E-state index contributed by atoms with van der Waals surface area (Å²) in [5.74, 6) is 0. The molecule has 0 amide bonds. The van der Waals surface area contributed by atoms with Crippen molar-refractivity contribution in [3.63, 3.8) is 0 Å². The predicted molar refractivity (Wildman–Crippen MR) is 273 cm³/mol. The van der Waals surface area contributed by atoms with Crippen LogP contribution in [0.4, 0.5) is 17.1 Å². The molecule has 65 heavy (non-hydrogen) atoms. The van der Waals surface area contributed by atoms with E-state index >= 15 is 0 Å². The van der Waals surface area contributed by atoms with Crippen LogP contribution < -0.4 is 4.90 Å². The molecule has 308 valence electrons. The zero-order valence-electron chi connectivity index (χ0n) is 36.4. The fraction of sp³-hybridized carbons (Fsp3) is 0.0476. The van der Waals surface area contributed by atoms with Crippen molar-refractivity contribution in [3.8, 4) is 66.8 Å². The van der Waals surface area contributed by atoms with Crippen molar-refractivity contribution in [2.75, 3.05) is 4.90 Å². The Morgan fingerprint density at radius 1 is 0.323 bits per heavy atom. The van der Waals surface area contributed by atoms with Gasteiger partial charge in [-0.05, 0) is 133 Å². The maximum Gasteiger partial charge on any atom is 0.143 e. The summed E-state index contributed by atoms with van der Waals surface area (Å²) in [6.07, 6.45) is 0. The third kappa shape index (κ3) is 6.65. The normalized spacial score (nSPS) is 12.6. The van der Waals surface area contributed by atoms with Crippen LogP contribution in [0.1, 0.15) is 25.0 Å². The molecule has 0 saturated carbocycles. The van der Waals surface area contributed by atoms with Crippen LogP contribution in [0.2, 0.25) is 0 Å². The Hall–Kier alpha value is -8.20. The molecule has 10 aromatic carbocycles. The summed E-state index contributed by atoms with van der Waals surface area (Å²) in [4.78, 5) is 2.36. The van der Waals surface area contributed by atoms with Crippen LogP contribution in [0.15, 0.2) is 241 Å². The molecule has 0 aliphatic heterocycles. The highest BCUT2D eigenvalue weighted by Crippen LogP contribution is 2.54. The smallest absolute Gasteiger partial charge is 0.143 e. The summed E-state index contributed by atoms with van der Waals surface area (Å²) in [6, 6.07) is 85.7. The number of furan rings is 1. The summed E-state index contributed by atoms with van der Waals surface area (Å²) in [6.45, 7) is 4.77. The van der Waals surface area contributed by atoms with Crippen molar-refractivity contribution in [1.29, 1.82) is 0 Å². The van der Waals surface area contributed by atoms with Crippen LogP contribution in [0, 0.1) is 0 Å². The van der Waals surface area contributed by atoms with Crippen LogP contribution in [0.5, 0.6) is 0 Å². The van der Waals surface area contributed by atoms with Crippen LogP contribution >= 0.6 is 0 Å². The Morgan fingerprint density at radius 3 is 1.52 bits per heavy atom. The maximum atomic E-state index is 6.52. The van der Waals surface area contributed by atoms with E-state index in [-0.39, 0.29) is 5.41 Å². The highest BCUT2D eigenvalue weighted by molar-refractivity contribution is 6.09. The van der Waals surface area contributed by atoms with Crippen molar-refractivity contribution in [2.24, 2.45) is 0 Å². The van der Waals surface area contributed by atoms with E-state index in [0.29, 0.717) is 0 Å². The largest absolute Gasteiger partial charge is 0.455 e. The lowest BCUT2D eigenvalue weighted by atomic mass is 9.78. The Balaban J connectivity index is 0.956. The second-order valence-corrected chi connectivity index (χ2v) is 17.7. The van der Waals surface area contributed by atoms with Crippen LogP contribution in [-0.2, 0) is 5.41 Å². The molecule has 0 atom stereocenters. The highest BCUT2D eigenvalue weighted by Gasteiger charge is 2.38. The van der Waals surface area contributed by atoms with E-state index < -0.39 is 0 Å². The molecule has 0 radical (unpaired) electrons. The minimum atomic E-state index is -0.172. The fourth-order valence-corrected chi connectivity index (χ4v) is 10.3. The van der Waals surface area contributed by atoms with Crippen LogP contribution in [0.3, 0.4) is 0 Å². The number of hydrogen-bond acceptors (Lipinski definition) is 2. The van der Waals surface area contributed by atoms with Crippen LogP contribution in [0.25, 0.3) is 88.7 Å². The molecule has 0 unspecified atom stereocenters. The molecule has 0 N–H and O–H groups in total. The lowest BCUT2D eigenvalue weighted by Crippen LogP contribution is -2.16. The topological polar surface area (TPSA) is 16.4 Å². The van der Waals surface area contributed by atoms with E-state index in [0.717, 1.165) is 50.1 Å². The van der Waals surface area contributed by atoms with Gasteiger partial charge in [-0.15, -0.1) is 0 Å². The van der Waals surface area contributed by atoms with Crippen molar-refractivity contribution in [2.45, 2.75) is 19.3 Å². The van der Waals surface area contributed by atoms with Gasteiger partial charge in [-0.3, -0.25) is 0 Å². The molecule has 0 saturated heterocycles. The number of rotatable bonds is 8. The molecule has 12 rings (SSSR count). The number of anilines is 3. The minimum Gasteiger partial charge on any atom is -0.455 e. The van der Waals surface area contributed by atoms with Crippen molar-refractivity contribution < 1.29 is 4.42 Å². The predicted octanol–water partition coefficient (Wildman–Crippen LogP) is 17.7. The Bertz CT molecular complexity index is 3530. The molecule has 1 aliphatic rings. The van der Waals surface area contributed by atoms with Crippen molar-refractivity contribution in [1.82, 2.24) is 0 Å². The lowest BCUT2D eigenvalue weighted by Gasteiger charge is -2.26. The fourth-order valence-electron chi connectivity index (χ4n) is 10.3. The molecule has 2 nitrogen and oxygen atoms in total. The zero-order chi connectivity index (χ0) is 43.5. The lowest BCUT2D eigenvalue weighted by molar-refractivity contribution is 0.662. The molecule has 0 spiro atoms. The number of fused-ring (bicyclic) bond motifs is 6. The van der Waals surface area contributed by atoms with Gasteiger partial charge in [0, 0.05) is 38.8 Å². The van der Waals surface area contributed by atoms with Gasteiger partial charge in [-0.25, -0.2) is 0 Å². The van der Waals surface area contributed by atoms with Gasteiger partial charge in [-0.2, -0.15) is 0 Å². The quantitative estimate of drug-likeness (QED) is 0.152. The van der Waals surface area contributed by atoms with Gasteiger partial charge in [0.05, 0.1) is 0 Å². The minimum absolute atomic E-state index is 0.172. The van der Waals surface area contributed by atoms with Crippen LogP contribution in [-0.4, -0.2) is 0 Å². The standard InChI is InChI=1S/C63H45NO/c1-63(2)59-37-32-47(39-57(59)58-41-49(43-18-8-4-9-19-43)40-56(61(58)63)46-20-10-5-11-21-46)45-30-35-51(36-31-45)64(50-33-28-44(29-34-50)42-16-6-3-7-17-42)52-23-14-22-48(38-52)53-25-15-26-55-54-24-12-13-27-60(54)65-62(53)55/h3-41H,1-2H3. The van der Waals surface area contributed by atoms with Gasteiger partial charge in [0.15, 0.2) is 0 Å². The Labute approximate surface area is 380 Å². The molecule has 1 aliphatic carbocycles. The Kier molecular flexibility index (Phi) is 9.21. The Morgan fingerprint density at radius 2 is 0.831 bits per heavy atom. The summed E-state index contributed by atoms with van der Waals surface area (Å²) in [5.41, 5.74) is 22.1. The molecule has 1 aromatic heterocycles. The molecule has 2 heteroatoms. The van der Waals surface area contributed by atoms with Gasteiger partial charge in [0.2, 0.25) is 0 Å². The van der Waals surface area contributed by atoms with E-state index in [1.54, 1.807) is 0 Å². The van der Waals surface area contributed by atoms with E-state index in [9.17, 15) is 0 Å². The second kappa shape index (κ2) is 15.6. The summed E-state index contributed by atoms with van der Waals surface area (Å²) >= 11 is 0. The first-order valence-corrected chi connectivity index (χ1v) is 22.5. The average molecular weight is 832 g/mol. The monoisotopic (exact) mass is 831 g/mol. The van der Waals surface area contributed by atoms with E-state index in [1.165, 1.54) is 66.8 Å².